The zero-order valence-corrected chi connectivity index (χ0v) is 10.6. The van der Waals surface area contributed by atoms with E-state index in [0.717, 1.165) is 8.73 Å². The van der Waals surface area contributed by atoms with Crippen LogP contribution in [-0.4, -0.2) is 24.9 Å². The van der Waals surface area contributed by atoms with Crippen molar-refractivity contribution in [2.75, 3.05) is 20.3 Å². The van der Waals surface area contributed by atoms with Gasteiger partial charge in [0.05, 0.1) is 0 Å². The van der Waals surface area contributed by atoms with Gasteiger partial charge in [-0.2, -0.15) is 0 Å². The normalized spacial score (nSPS) is 12.0. The molecule has 0 rings (SSSR count). The summed E-state index contributed by atoms with van der Waals surface area (Å²) in [5.41, 5.74) is 0. The van der Waals surface area contributed by atoms with Gasteiger partial charge in [0.2, 0.25) is 0 Å². The lowest BCUT2D eigenvalue weighted by atomic mass is 10.1. The third kappa shape index (κ3) is 10.3. The molecular formula is C11H26NP. The minimum absolute atomic E-state index is 0.977. The molecule has 1 nitrogen and oxygen atoms in total. The molecule has 0 spiro atoms. The summed E-state index contributed by atoms with van der Waals surface area (Å²) in [5, 5.41) is 0. The molecule has 0 N–H and O–H groups in total. The Morgan fingerprint density at radius 2 is 1.46 bits per heavy atom. The van der Waals surface area contributed by atoms with Crippen molar-refractivity contribution in [2.45, 2.75) is 51.9 Å². The Bertz CT molecular complexity index is 96.1. The number of nitrogens with zero attached hydrogens (tertiary/aromatic N) is 1. The lowest BCUT2D eigenvalue weighted by molar-refractivity contribution is 0.500. The molecule has 0 aliphatic heterocycles. The average Bonchev–Trinajstić information content (AvgIpc) is 2.16. The van der Waals surface area contributed by atoms with Crippen molar-refractivity contribution < 1.29 is 0 Å². The van der Waals surface area contributed by atoms with Crippen molar-refractivity contribution in [2.24, 2.45) is 0 Å². The minimum atomic E-state index is 0.977. The highest BCUT2D eigenvalue weighted by molar-refractivity contribution is 7.34. The average molecular weight is 203 g/mol. The van der Waals surface area contributed by atoms with Gasteiger partial charge in [-0.05, 0) is 20.1 Å². The van der Waals surface area contributed by atoms with Gasteiger partial charge in [0.25, 0.3) is 0 Å². The Morgan fingerprint density at radius 1 is 0.923 bits per heavy atom. The molecule has 0 heterocycles. The summed E-state index contributed by atoms with van der Waals surface area (Å²) in [4.78, 5) is 0. The highest BCUT2D eigenvalue weighted by atomic mass is 31.1. The van der Waals surface area contributed by atoms with Gasteiger partial charge in [-0.25, -0.2) is 0 Å². The molecule has 0 aliphatic rings. The summed E-state index contributed by atoms with van der Waals surface area (Å²) in [6.45, 7) is 5.82. The molecule has 0 aromatic rings. The zero-order chi connectivity index (χ0) is 9.94. The van der Waals surface area contributed by atoms with Crippen molar-refractivity contribution in [3.63, 3.8) is 0 Å². The third-order valence-electron chi connectivity index (χ3n) is 2.48. The SMILES string of the molecule is CCCCCCCCCN(C)PC. The van der Waals surface area contributed by atoms with Gasteiger partial charge in [0.1, 0.15) is 0 Å². The summed E-state index contributed by atoms with van der Waals surface area (Å²) >= 11 is 0. The molecule has 1 atom stereocenters. The molecule has 0 fully saturated rings. The Hall–Kier alpha value is 0.390. The van der Waals surface area contributed by atoms with Gasteiger partial charge in [-0.1, -0.05) is 54.2 Å². The zero-order valence-electron chi connectivity index (χ0n) is 9.60. The van der Waals surface area contributed by atoms with Crippen LogP contribution in [0, 0.1) is 0 Å². The summed E-state index contributed by atoms with van der Waals surface area (Å²) in [5.74, 6) is 0. The lowest BCUT2D eigenvalue weighted by Crippen LogP contribution is -2.07. The van der Waals surface area contributed by atoms with Crippen molar-refractivity contribution in [1.29, 1.82) is 0 Å². The van der Waals surface area contributed by atoms with Crippen LogP contribution in [0.3, 0.4) is 0 Å². The molecule has 0 aromatic heterocycles. The molecular weight excluding hydrogens is 177 g/mol. The molecule has 0 saturated carbocycles. The summed E-state index contributed by atoms with van der Waals surface area (Å²) in [7, 11) is 3.19. The van der Waals surface area contributed by atoms with E-state index in [0.29, 0.717) is 0 Å². The van der Waals surface area contributed by atoms with Crippen molar-refractivity contribution in [1.82, 2.24) is 4.67 Å². The molecule has 1 unspecified atom stereocenters. The van der Waals surface area contributed by atoms with Crippen molar-refractivity contribution in [3.05, 3.63) is 0 Å². The van der Waals surface area contributed by atoms with E-state index in [-0.39, 0.29) is 0 Å². The number of hydrogen-bond acceptors (Lipinski definition) is 1. The van der Waals surface area contributed by atoms with Crippen molar-refractivity contribution >= 4 is 8.73 Å². The Morgan fingerprint density at radius 3 is 2.00 bits per heavy atom. The molecule has 0 radical (unpaired) electrons. The fraction of sp³-hybridized carbons (Fsp3) is 1.00. The molecule has 0 bridgehead atoms. The predicted octanol–water partition coefficient (Wildman–Crippen LogP) is 3.89. The van der Waals surface area contributed by atoms with Crippen LogP contribution in [0.1, 0.15) is 51.9 Å². The Labute approximate surface area is 86.1 Å². The van der Waals surface area contributed by atoms with Crippen LogP contribution in [0.25, 0.3) is 0 Å². The second kappa shape index (κ2) is 10.5. The maximum atomic E-state index is 2.42. The van der Waals surface area contributed by atoms with Gasteiger partial charge in [-0.15, -0.1) is 0 Å². The largest absolute Gasteiger partial charge is 0.288 e. The third-order valence-corrected chi connectivity index (χ3v) is 3.47. The first kappa shape index (κ1) is 13.4. The van der Waals surface area contributed by atoms with E-state index in [4.69, 9.17) is 0 Å². The minimum Gasteiger partial charge on any atom is -0.288 e. The summed E-state index contributed by atoms with van der Waals surface area (Å²) in [6, 6.07) is 0. The van der Waals surface area contributed by atoms with E-state index in [2.05, 4.69) is 25.3 Å². The number of unbranched alkanes of at least 4 members (excludes halogenated alkanes) is 6. The van der Waals surface area contributed by atoms with Crippen LogP contribution in [-0.2, 0) is 0 Å². The quantitative estimate of drug-likeness (QED) is 0.406. The molecule has 80 valence electrons. The standard InChI is InChI=1S/C11H26NP/c1-4-5-6-7-8-9-10-11-12(2)13-3/h13H,4-11H2,1-3H3. The molecule has 0 saturated heterocycles. The van der Waals surface area contributed by atoms with Gasteiger partial charge in [-0.3, -0.25) is 4.67 Å². The smallest absolute Gasteiger partial charge is 0.00154 e. The lowest BCUT2D eigenvalue weighted by Gasteiger charge is -2.12. The highest BCUT2D eigenvalue weighted by Gasteiger charge is 1.94. The second-order valence-corrected chi connectivity index (χ2v) is 4.98. The first-order chi connectivity index (χ1) is 6.31. The molecule has 0 aliphatic carbocycles. The maximum absolute atomic E-state index is 2.42. The number of rotatable bonds is 9. The van der Waals surface area contributed by atoms with Gasteiger partial charge in [0, 0.05) is 6.54 Å². The van der Waals surface area contributed by atoms with Crippen LogP contribution in [0.15, 0.2) is 0 Å². The fourth-order valence-electron chi connectivity index (χ4n) is 1.42. The van der Waals surface area contributed by atoms with Crippen LogP contribution >= 0.6 is 8.73 Å². The number of hydrogen-bond donors (Lipinski definition) is 0. The van der Waals surface area contributed by atoms with Gasteiger partial charge >= 0.3 is 0 Å². The van der Waals surface area contributed by atoms with Crippen LogP contribution in [0.4, 0.5) is 0 Å². The highest BCUT2D eigenvalue weighted by Crippen LogP contribution is 2.12. The van der Waals surface area contributed by atoms with E-state index < -0.39 is 0 Å². The van der Waals surface area contributed by atoms with Crippen molar-refractivity contribution in [3.8, 4) is 0 Å². The van der Waals surface area contributed by atoms with Crippen LogP contribution in [0.2, 0.25) is 0 Å². The maximum Gasteiger partial charge on any atom is 0.00154 e. The Kier molecular flexibility index (Phi) is 10.8. The molecule has 13 heavy (non-hydrogen) atoms. The monoisotopic (exact) mass is 203 g/mol. The fourth-order valence-corrected chi connectivity index (χ4v) is 1.80. The van der Waals surface area contributed by atoms with Gasteiger partial charge in [0.15, 0.2) is 0 Å². The van der Waals surface area contributed by atoms with E-state index >= 15 is 0 Å². The first-order valence-electron chi connectivity index (χ1n) is 5.69. The Balaban J connectivity index is 2.91. The molecule has 2 heteroatoms. The van der Waals surface area contributed by atoms with E-state index in [1.807, 2.05) is 0 Å². The second-order valence-electron chi connectivity index (χ2n) is 3.77. The topological polar surface area (TPSA) is 3.24 Å². The van der Waals surface area contributed by atoms with Crippen LogP contribution in [0.5, 0.6) is 0 Å². The van der Waals surface area contributed by atoms with E-state index in [1.165, 1.54) is 51.5 Å². The molecule has 0 aromatic carbocycles. The first-order valence-corrected chi connectivity index (χ1v) is 7.14. The van der Waals surface area contributed by atoms with Crippen LogP contribution < -0.4 is 0 Å². The van der Waals surface area contributed by atoms with Gasteiger partial charge < -0.3 is 0 Å². The molecule has 0 amide bonds. The van der Waals surface area contributed by atoms with E-state index in [9.17, 15) is 0 Å². The summed E-state index contributed by atoms with van der Waals surface area (Å²) in [6.07, 6.45) is 9.95. The summed E-state index contributed by atoms with van der Waals surface area (Å²) < 4.78 is 2.42. The predicted molar refractivity (Wildman–Crippen MR) is 64.9 cm³/mol. The van der Waals surface area contributed by atoms with E-state index in [1.54, 1.807) is 0 Å².